The van der Waals surface area contributed by atoms with Crippen molar-refractivity contribution in [3.05, 3.63) is 30.3 Å². The highest BCUT2D eigenvalue weighted by atomic mass is 16.6. The number of aliphatic hydroxyl groups excluding tert-OH is 1. The predicted molar refractivity (Wildman–Crippen MR) is 68.5 cm³/mol. The Labute approximate surface area is 107 Å². The molecule has 0 fully saturated rings. The minimum absolute atomic E-state index is 0.0412. The number of hydrogen-bond donors (Lipinski definition) is 1. The van der Waals surface area contributed by atoms with Crippen molar-refractivity contribution in [1.82, 2.24) is 0 Å². The van der Waals surface area contributed by atoms with E-state index in [1.165, 1.54) is 21.0 Å². The minimum atomic E-state index is -0.376. The first-order valence-electron chi connectivity index (χ1n) is 5.22. The summed E-state index contributed by atoms with van der Waals surface area (Å²) in [7, 11) is 2.33. The van der Waals surface area contributed by atoms with Crippen LogP contribution in [0.5, 0.6) is 5.75 Å². The van der Waals surface area contributed by atoms with Gasteiger partial charge in [-0.1, -0.05) is 18.2 Å². The summed E-state index contributed by atoms with van der Waals surface area (Å²) in [4.78, 5) is 20.1. The summed E-state index contributed by atoms with van der Waals surface area (Å²) in [5.41, 5.74) is 0. The van der Waals surface area contributed by atoms with Gasteiger partial charge in [-0.15, -0.1) is 0 Å². The van der Waals surface area contributed by atoms with Crippen molar-refractivity contribution < 1.29 is 24.2 Å². The third-order valence-electron chi connectivity index (χ3n) is 1.33. The fourth-order valence-corrected chi connectivity index (χ4v) is 0.718. The lowest BCUT2D eigenvalue weighted by Gasteiger charge is -2.02. The standard InChI is InChI=1S/C9H10O3.C3H6O.CH4O/c1-11-9(10)7-12-8-5-3-2-4-6-8;1-3(2)4;1-2/h2-6H,7H2,1H3;1-2H3;2H,1H3. The fourth-order valence-electron chi connectivity index (χ4n) is 0.718. The van der Waals surface area contributed by atoms with Crippen LogP contribution in [0.25, 0.3) is 0 Å². The number of carbonyl (C=O) groups excluding carboxylic acids is 2. The average molecular weight is 256 g/mol. The molecule has 0 spiro atoms. The van der Waals surface area contributed by atoms with Gasteiger partial charge in [0.25, 0.3) is 0 Å². The van der Waals surface area contributed by atoms with Crippen LogP contribution in [0.3, 0.4) is 0 Å². The Balaban J connectivity index is 0. The molecule has 0 heterocycles. The van der Waals surface area contributed by atoms with Crippen LogP contribution in [-0.2, 0) is 14.3 Å². The molecular weight excluding hydrogens is 236 g/mol. The Morgan fingerprint density at radius 3 is 1.94 bits per heavy atom. The number of methoxy groups -OCH3 is 1. The number of ketones is 1. The maximum Gasteiger partial charge on any atom is 0.343 e. The van der Waals surface area contributed by atoms with Crippen LogP contribution in [0.2, 0.25) is 0 Å². The molecule has 0 amide bonds. The molecule has 1 aromatic rings. The molecule has 0 saturated heterocycles. The Morgan fingerprint density at radius 1 is 1.11 bits per heavy atom. The van der Waals surface area contributed by atoms with E-state index in [1.54, 1.807) is 12.1 Å². The number of benzene rings is 1. The topological polar surface area (TPSA) is 72.8 Å². The monoisotopic (exact) mass is 256 g/mol. The quantitative estimate of drug-likeness (QED) is 0.828. The van der Waals surface area contributed by atoms with Gasteiger partial charge in [0.2, 0.25) is 0 Å². The normalized spacial score (nSPS) is 7.83. The minimum Gasteiger partial charge on any atom is -0.482 e. The molecule has 0 unspecified atom stereocenters. The second-order valence-electron chi connectivity index (χ2n) is 3.09. The Hall–Kier alpha value is -1.88. The highest BCUT2D eigenvalue weighted by molar-refractivity contribution is 5.72. The second-order valence-corrected chi connectivity index (χ2v) is 3.09. The number of carbonyl (C=O) groups is 2. The summed E-state index contributed by atoms with van der Waals surface area (Å²) in [6.07, 6.45) is 0. The number of aliphatic hydroxyl groups is 1. The molecule has 1 aromatic carbocycles. The summed E-state index contributed by atoms with van der Waals surface area (Å²) >= 11 is 0. The van der Waals surface area contributed by atoms with Gasteiger partial charge in [0.05, 0.1) is 7.11 Å². The molecule has 0 radical (unpaired) electrons. The molecular formula is C13H20O5. The largest absolute Gasteiger partial charge is 0.482 e. The molecule has 102 valence electrons. The molecule has 18 heavy (non-hydrogen) atoms. The molecule has 0 aromatic heterocycles. The van der Waals surface area contributed by atoms with Gasteiger partial charge in [0, 0.05) is 7.11 Å². The Kier molecular flexibility index (Phi) is 13.5. The number of para-hydroxylation sites is 1. The third kappa shape index (κ3) is 14.1. The van der Waals surface area contributed by atoms with E-state index in [9.17, 15) is 9.59 Å². The van der Waals surface area contributed by atoms with Crippen molar-refractivity contribution in [2.45, 2.75) is 13.8 Å². The maximum atomic E-state index is 10.6. The van der Waals surface area contributed by atoms with E-state index in [-0.39, 0.29) is 18.4 Å². The molecule has 0 bridgehead atoms. The Morgan fingerprint density at radius 2 is 1.56 bits per heavy atom. The number of ether oxygens (including phenoxy) is 2. The van der Waals surface area contributed by atoms with Crippen molar-refractivity contribution >= 4 is 11.8 Å². The zero-order chi connectivity index (χ0) is 14.4. The molecule has 5 nitrogen and oxygen atoms in total. The van der Waals surface area contributed by atoms with Gasteiger partial charge >= 0.3 is 5.97 Å². The van der Waals surface area contributed by atoms with Crippen LogP contribution >= 0.6 is 0 Å². The SMILES string of the molecule is CC(C)=O.CO.COC(=O)COc1ccccc1. The Bertz CT molecular complexity index is 317. The van der Waals surface area contributed by atoms with Crippen LogP contribution in [0.4, 0.5) is 0 Å². The fraction of sp³-hybridized carbons (Fsp3) is 0.385. The number of Topliss-reactive ketones (excluding diaryl/α,β-unsaturated/α-hetero) is 1. The van der Waals surface area contributed by atoms with E-state index < -0.39 is 0 Å². The van der Waals surface area contributed by atoms with Gasteiger partial charge in [0.1, 0.15) is 11.5 Å². The van der Waals surface area contributed by atoms with Gasteiger partial charge in [-0.2, -0.15) is 0 Å². The van der Waals surface area contributed by atoms with Crippen molar-refractivity contribution in [1.29, 1.82) is 0 Å². The lowest BCUT2D eigenvalue weighted by molar-refractivity contribution is -0.142. The number of hydrogen-bond acceptors (Lipinski definition) is 5. The molecule has 0 saturated carbocycles. The molecule has 1 N–H and O–H groups in total. The van der Waals surface area contributed by atoms with E-state index in [0.717, 1.165) is 7.11 Å². The smallest absolute Gasteiger partial charge is 0.343 e. The first kappa shape index (κ1) is 18.5. The van der Waals surface area contributed by atoms with Gasteiger partial charge in [-0.25, -0.2) is 4.79 Å². The van der Waals surface area contributed by atoms with Crippen molar-refractivity contribution in [3.63, 3.8) is 0 Å². The first-order chi connectivity index (χ1) is 8.56. The molecule has 0 aliphatic carbocycles. The highest BCUT2D eigenvalue weighted by Gasteiger charge is 1.99. The van der Waals surface area contributed by atoms with Gasteiger partial charge < -0.3 is 19.4 Å². The second kappa shape index (κ2) is 13.2. The zero-order valence-corrected chi connectivity index (χ0v) is 11.2. The molecule has 0 aliphatic rings. The summed E-state index contributed by atoms with van der Waals surface area (Å²) in [6.45, 7) is 3.01. The van der Waals surface area contributed by atoms with Crippen LogP contribution in [-0.4, -0.2) is 37.7 Å². The van der Waals surface area contributed by atoms with E-state index in [1.807, 2.05) is 18.2 Å². The summed E-state index contributed by atoms with van der Waals surface area (Å²) in [5.74, 6) is 0.460. The maximum absolute atomic E-state index is 10.6. The molecule has 0 atom stereocenters. The number of rotatable bonds is 3. The zero-order valence-electron chi connectivity index (χ0n) is 11.2. The summed E-state index contributed by atoms with van der Waals surface area (Å²) < 4.78 is 9.49. The van der Waals surface area contributed by atoms with Crippen LogP contribution < -0.4 is 4.74 Å². The molecule has 1 rings (SSSR count). The van der Waals surface area contributed by atoms with Crippen molar-refractivity contribution in [3.8, 4) is 5.75 Å². The van der Waals surface area contributed by atoms with E-state index >= 15 is 0 Å². The van der Waals surface area contributed by atoms with Crippen LogP contribution in [0.15, 0.2) is 30.3 Å². The van der Waals surface area contributed by atoms with Crippen LogP contribution in [0.1, 0.15) is 13.8 Å². The van der Waals surface area contributed by atoms with E-state index in [2.05, 4.69) is 4.74 Å². The van der Waals surface area contributed by atoms with Gasteiger partial charge in [0.15, 0.2) is 6.61 Å². The summed E-state index contributed by atoms with van der Waals surface area (Å²) in [5, 5.41) is 7.00. The van der Waals surface area contributed by atoms with Crippen LogP contribution in [0, 0.1) is 0 Å². The van der Waals surface area contributed by atoms with E-state index in [4.69, 9.17) is 9.84 Å². The third-order valence-corrected chi connectivity index (χ3v) is 1.33. The van der Waals surface area contributed by atoms with Gasteiger partial charge in [-0.3, -0.25) is 0 Å². The highest BCUT2D eigenvalue weighted by Crippen LogP contribution is 2.07. The summed E-state index contributed by atoms with van der Waals surface area (Å²) in [6, 6.07) is 9.12. The first-order valence-corrected chi connectivity index (χ1v) is 5.22. The number of esters is 1. The lowest BCUT2D eigenvalue weighted by Crippen LogP contribution is -2.12. The lowest BCUT2D eigenvalue weighted by atomic mass is 10.3. The average Bonchev–Trinajstić information content (AvgIpc) is 2.39. The van der Waals surface area contributed by atoms with E-state index in [0.29, 0.717) is 5.75 Å². The van der Waals surface area contributed by atoms with Gasteiger partial charge in [-0.05, 0) is 26.0 Å². The predicted octanol–water partition coefficient (Wildman–Crippen LogP) is 1.44. The molecule has 0 aliphatic heterocycles. The van der Waals surface area contributed by atoms with Crippen molar-refractivity contribution in [2.75, 3.05) is 20.8 Å². The molecule has 5 heteroatoms. The van der Waals surface area contributed by atoms with Crippen molar-refractivity contribution in [2.24, 2.45) is 0 Å².